The minimum absolute atomic E-state index is 0.140. The molecule has 0 spiro atoms. The number of esters is 1. The van der Waals surface area contributed by atoms with E-state index in [-0.39, 0.29) is 12.2 Å². The van der Waals surface area contributed by atoms with Crippen LogP contribution in [0.15, 0.2) is 48.8 Å². The number of methoxy groups -OCH3 is 1. The summed E-state index contributed by atoms with van der Waals surface area (Å²) in [5.74, 6) is -1.88. The van der Waals surface area contributed by atoms with Crippen LogP contribution in [0.3, 0.4) is 0 Å². The summed E-state index contributed by atoms with van der Waals surface area (Å²) >= 11 is 0. The standard InChI is InChI=1S/C19H18N4O6/c1-28-19(25)15(9-12-10-21-14-6-3-2-5-13(12)14)22-17(24)11-29-16-7-4-8-20-18(16)23(26)27/h2-8,10,15,21H,9,11H2,1H3,(H,22,24)/t15-/m1/s1. The molecule has 1 amide bonds. The summed E-state index contributed by atoms with van der Waals surface area (Å²) in [6.07, 6.45) is 3.22. The van der Waals surface area contributed by atoms with Gasteiger partial charge in [0.25, 0.3) is 5.91 Å². The Kier molecular flexibility index (Phi) is 6.03. The summed E-state index contributed by atoms with van der Waals surface area (Å²) in [5, 5.41) is 14.4. The first-order chi connectivity index (χ1) is 14.0. The lowest BCUT2D eigenvalue weighted by Crippen LogP contribution is -2.44. The summed E-state index contributed by atoms with van der Waals surface area (Å²) in [7, 11) is 1.23. The SMILES string of the molecule is COC(=O)[C@@H](Cc1c[nH]c2ccccc12)NC(=O)COc1cccnc1[N+](=O)[O-]. The number of hydrogen-bond acceptors (Lipinski definition) is 7. The second kappa shape index (κ2) is 8.83. The van der Waals surface area contributed by atoms with E-state index in [1.165, 1.54) is 25.4 Å². The Labute approximate surface area is 165 Å². The van der Waals surface area contributed by atoms with Crippen molar-refractivity contribution >= 4 is 28.6 Å². The lowest BCUT2D eigenvalue weighted by molar-refractivity contribution is -0.390. The van der Waals surface area contributed by atoms with Crippen LogP contribution in [-0.4, -0.2) is 46.5 Å². The molecule has 0 radical (unpaired) electrons. The summed E-state index contributed by atoms with van der Waals surface area (Å²) < 4.78 is 9.99. The summed E-state index contributed by atoms with van der Waals surface area (Å²) in [5.41, 5.74) is 1.74. The normalized spacial score (nSPS) is 11.6. The molecular weight excluding hydrogens is 380 g/mol. The van der Waals surface area contributed by atoms with Gasteiger partial charge < -0.3 is 29.9 Å². The van der Waals surface area contributed by atoms with Crippen molar-refractivity contribution < 1.29 is 24.0 Å². The monoisotopic (exact) mass is 398 g/mol. The Bertz CT molecular complexity index is 1050. The highest BCUT2D eigenvalue weighted by Gasteiger charge is 2.24. The van der Waals surface area contributed by atoms with E-state index in [0.717, 1.165) is 16.5 Å². The van der Waals surface area contributed by atoms with Crippen molar-refractivity contribution in [3.63, 3.8) is 0 Å². The van der Waals surface area contributed by atoms with Crippen LogP contribution in [-0.2, 0) is 20.7 Å². The number of hydrogen-bond donors (Lipinski definition) is 2. The third kappa shape index (κ3) is 4.67. The van der Waals surface area contributed by atoms with E-state index in [1.807, 2.05) is 24.3 Å². The Morgan fingerprint density at radius 1 is 1.28 bits per heavy atom. The molecule has 3 rings (SSSR count). The zero-order valence-corrected chi connectivity index (χ0v) is 15.5. The van der Waals surface area contributed by atoms with Crippen LogP contribution in [0, 0.1) is 10.1 Å². The van der Waals surface area contributed by atoms with Gasteiger partial charge in [-0.2, -0.15) is 0 Å². The van der Waals surface area contributed by atoms with Gasteiger partial charge in [-0.1, -0.05) is 18.2 Å². The van der Waals surface area contributed by atoms with E-state index in [1.54, 1.807) is 6.20 Å². The third-order valence-corrected chi connectivity index (χ3v) is 4.20. The zero-order chi connectivity index (χ0) is 20.8. The number of fused-ring (bicyclic) bond motifs is 1. The van der Waals surface area contributed by atoms with E-state index in [9.17, 15) is 19.7 Å². The molecule has 1 aromatic carbocycles. The molecule has 10 heteroatoms. The maximum absolute atomic E-state index is 12.3. The Hall–Kier alpha value is -3.95. The number of amides is 1. The van der Waals surface area contributed by atoms with Gasteiger partial charge in [0.15, 0.2) is 6.61 Å². The van der Waals surface area contributed by atoms with Gasteiger partial charge in [-0.05, 0) is 33.7 Å². The number of H-pyrrole nitrogens is 1. The van der Waals surface area contributed by atoms with Gasteiger partial charge in [-0.25, -0.2) is 4.79 Å². The Balaban J connectivity index is 1.68. The molecular formula is C19H18N4O6. The second-order valence-electron chi connectivity index (χ2n) is 6.08. The number of nitro groups is 1. The highest BCUT2D eigenvalue weighted by Crippen LogP contribution is 2.23. The summed E-state index contributed by atoms with van der Waals surface area (Å²) in [6.45, 7) is -0.520. The molecule has 1 atom stereocenters. The molecule has 0 aliphatic heterocycles. The lowest BCUT2D eigenvalue weighted by Gasteiger charge is -2.16. The van der Waals surface area contributed by atoms with E-state index < -0.39 is 35.3 Å². The molecule has 0 unspecified atom stereocenters. The van der Waals surface area contributed by atoms with Crippen molar-refractivity contribution in [2.45, 2.75) is 12.5 Å². The van der Waals surface area contributed by atoms with Crippen molar-refractivity contribution in [3.05, 3.63) is 64.5 Å². The molecule has 2 heterocycles. The van der Waals surface area contributed by atoms with Crippen LogP contribution < -0.4 is 10.1 Å². The molecule has 150 valence electrons. The predicted octanol–water partition coefficient (Wildman–Crippen LogP) is 1.75. The van der Waals surface area contributed by atoms with Gasteiger partial charge in [0, 0.05) is 23.5 Å². The van der Waals surface area contributed by atoms with Crippen LogP contribution >= 0.6 is 0 Å². The zero-order valence-electron chi connectivity index (χ0n) is 15.5. The van der Waals surface area contributed by atoms with E-state index in [4.69, 9.17) is 9.47 Å². The molecule has 10 nitrogen and oxygen atoms in total. The van der Waals surface area contributed by atoms with E-state index in [2.05, 4.69) is 15.3 Å². The fourth-order valence-electron chi connectivity index (χ4n) is 2.87. The van der Waals surface area contributed by atoms with Crippen molar-refractivity contribution in [2.75, 3.05) is 13.7 Å². The van der Waals surface area contributed by atoms with Gasteiger partial charge in [0.05, 0.1) is 7.11 Å². The van der Waals surface area contributed by atoms with Gasteiger partial charge in [-0.3, -0.25) is 4.79 Å². The average Bonchev–Trinajstić information content (AvgIpc) is 3.14. The second-order valence-corrected chi connectivity index (χ2v) is 6.08. The fourth-order valence-corrected chi connectivity index (χ4v) is 2.87. The quantitative estimate of drug-likeness (QED) is 0.335. The molecule has 0 fully saturated rings. The maximum Gasteiger partial charge on any atom is 0.406 e. The molecule has 2 aromatic heterocycles. The number of para-hydroxylation sites is 1. The first kappa shape index (κ1) is 19.8. The average molecular weight is 398 g/mol. The number of nitrogens with one attached hydrogen (secondary N) is 2. The van der Waals surface area contributed by atoms with Crippen molar-refractivity contribution in [3.8, 4) is 5.75 Å². The number of carbonyl (C=O) groups is 2. The minimum Gasteiger partial charge on any atom is -0.476 e. The highest BCUT2D eigenvalue weighted by molar-refractivity contribution is 5.87. The first-order valence-electron chi connectivity index (χ1n) is 8.64. The highest BCUT2D eigenvalue weighted by atomic mass is 16.6. The van der Waals surface area contributed by atoms with Crippen LogP contribution in [0.5, 0.6) is 5.75 Å². The lowest BCUT2D eigenvalue weighted by atomic mass is 10.0. The van der Waals surface area contributed by atoms with Crippen molar-refractivity contribution in [1.82, 2.24) is 15.3 Å². The van der Waals surface area contributed by atoms with Crippen LogP contribution in [0.2, 0.25) is 0 Å². The fraction of sp³-hybridized carbons (Fsp3) is 0.211. The van der Waals surface area contributed by atoms with Crippen LogP contribution in [0.4, 0.5) is 5.82 Å². The first-order valence-corrected chi connectivity index (χ1v) is 8.64. The van der Waals surface area contributed by atoms with Crippen LogP contribution in [0.1, 0.15) is 5.56 Å². The topological polar surface area (TPSA) is 136 Å². The minimum atomic E-state index is -0.945. The number of aromatic amines is 1. The van der Waals surface area contributed by atoms with Gasteiger partial charge in [0.1, 0.15) is 12.2 Å². The Morgan fingerprint density at radius 3 is 2.83 bits per heavy atom. The number of aromatic nitrogens is 2. The van der Waals surface area contributed by atoms with E-state index >= 15 is 0 Å². The Morgan fingerprint density at radius 2 is 2.07 bits per heavy atom. The molecule has 0 saturated carbocycles. The van der Waals surface area contributed by atoms with E-state index in [0.29, 0.717) is 0 Å². The van der Waals surface area contributed by atoms with Crippen molar-refractivity contribution in [1.29, 1.82) is 0 Å². The number of benzene rings is 1. The predicted molar refractivity (Wildman–Crippen MR) is 102 cm³/mol. The number of pyridine rings is 1. The molecule has 0 aliphatic carbocycles. The number of rotatable bonds is 8. The largest absolute Gasteiger partial charge is 0.476 e. The third-order valence-electron chi connectivity index (χ3n) is 4.20. The number of ether oxygens (including phenoxy) is 2. The molecule has 29 heavy (non-hydrogen) atoms. The van der Waals surface area contributed by atoms with Gasteiger partial charge in [0.2, 0.25) is 5.75 Å². The summed E-state index contributed by atoms with van der Waals surface area (Å²) in [6, 6.07) is 9.41. The smallest absolute Gasteiger partial charge is 0.406 e. The number of nitrogens with zero attached hydrogens (tertiary/aromatic N) is 2. The van der Waals surface area contributed by atoms with Crippen LogP contribution in [0.25, 0.3) is 10.9 Å². The summed E-state index contributed by atoms with van der Waals surface area (Å²) in [4.78, 5) is 41.4. The molecule has 0 aliphatic rings. The van der Waals surface area contributed by atoms with Crippen molar-refractivity contribution in [2.24, 2.45) is 0 Å². The molecule has 0 saturated heterocycles. The molecule has 0 bridgehead atoms. The van der Waals surface area contributed by atoms with Gasteiger partial charge >= 0.3 is 11.8 Å². The maximum atomic E-state index is 12.3. The molecule has 2 N–H and O–H groups in total. The molecule has 3 aromatic rings. The number of carbonyl (C=O) groups excluding carboxylic acids is 2. The van der Waals surface area contributed by atoms with Gasteiger partial charge in [-0.15, -0.1) is 0 Å².